The maximum Gasteiger partial charge on any atom is 0.0101 e. The van der Waals surface area contributed by atoms with Gasteiger partial charge in [-0.2, -0.15) is 0 Å². The van der Waals surface area contributed by atoms with E-state index < -0.39 is 0 Å². The SMILES string of the molecule is C#CCCCC(NCC)C(C1CCC1)C1CCC1. The Morgan fingerprint density at radius 3 is 2.17 bits per heavy atom. The van der Waals surface area contributed by atoms with Crippen LogP contribution in [-0.4, -0.2) is 12.6 Å². The van der Waals surface area contributed by atoms with Crippen molar-refractivity contribution in [2.45, 2.75) is 70.8 Å². The summed E-state index contributed by atoms with van der Waals surface area (Å²) in [5.41, 5.74) is 0. The van der Waals surface area contributed by atoms with Gasteiger partial charge in [-0.05, 0) is 37.1 Å². The number of rotatable bonds is 8. The van der Waals surface area contributed by atoms with Crippen molar-refractivity contribution in [3.05, 3.63) is 0 Å². The molecule has 0 radical (unpaired) electrons. The predicted molar refractivity (Wildman–Crippen MR) is 78.3 cm³/mol. The van der Waals surface area contributed by atoms with Gasteiger partial charge in [0.25, 0.3) is 0 Å². The number of terminal acetylenes is 1. The summed E-state index contributed by atoms with van der Waals surface area (Å²) in [6.45, 7) is 3.35. The molecule has 0 aliphatic heterocycles. The molecule has 2 saturated carbocycles. The molecule has 1 nitrogen and oxygen atoms in total. The summed E-state index contributed by atoms with van der Waals surface area (Å²) >= 11 is 0. The lowest BCUT2D eigenvalue weighted by Gasteiger charge is -2.47. The number of hydrogen-bond donors (Lipinski definition) is 1. The van der Waals surface area contributed by atoms with Crippen LogP contribution < -0.4 is 5.32 Å². The predicted octanol–water partition coefficient (Wildman–Crippen LogP) is 3.98. The van der Waals surface area contributed by atoms with Gasteiger partial charge < -0.3 is 5.32 Å². The summed E-state index contributed by atoms with van der Waals surface area (Å²) < 4.78 is 0. The fraction of sp³-hybridized carbons (Fsp3) is 0.882. The summed E-state index contributed by atoms with van der Waals surface area (Å²) in [4.78, 5) is 0. The molecule has 2 rings (SSSR count). The average Bonchev–Trinajstić information content (AvgIpc) is 2.22. The van der Waals surface area contributed by atoms with E-state index in [1.54, 1.807) is 0 Å². The molecule has 2 fully saturated rings. The second-order valence-corrected chi connectivity index (χ2v) is 6.22. The van der Waals surface area contributed by atoms with Gasteiger partial charge in [-0.1, -0.05) is 45.4 Å². The Kier molecular flexibility index (Phi) is 5.57. The lowest BCUT2D eigenvalue weighted by molar-refractivity contribution is 0.0572. The van der Waals surface area contributed by atoms with Crippen molar-refractivity contribution in [2.75, 3.05) is 6.54 Å². The van der Waals surface area contributed by atoms with E-state index in [4.69, 9.17) is 6.42 Å². The van der Waals surface area contributed by atoms with E-state index in [1.807, 2.05) is 0 Å². The van der Waals surface area contributed by atoms with Gasteiger partial charge in [0.05, 0.1) is 0 Å². The summed E-state index contributed by atoms with van der Waals surface area (Å²) in [5, 5.41) is 3.77. The Morgan fingerprint density at radius 2 is 1.78 bits per heavy atom. The average molecular weight is 247 g/mol. The van der Waals surface area contributed by atoms with Gasteiger partial charge in [-0.25, -0.2) is 0 Å². The van der Waals surface area contributed by atoms with E-state index in [0.29, 0.717) is 0 Å². The Bertz CT molecular complexity index is 256. The molecule has 0 heterocycles. The molecule has 1 unspecified atom stereocenters. The molecule has 102 valence electrons. The van der Waals surface area contributed by atoms with Crippen LogP contribution in [0, 0.1) is 30.1 Å². The zero-order valence-electron chi connectivity index (χ0n) is 12.0. The van der Waals surface area contributed by atoms with Crippen LogP contribution in [0.4, 0.5) is 0 Å². The largest absolute Gasteiger partial charge is 0.314 e. The van der Waals surface area contributed by atoms with Crippen LogP contribution in [0.25, 0.3) is 0 Å². The Morgan fingerprint density at radius 1 is 1.17 bits per heavy atom. The highest BCUT2D eigenvalue weighted by Gasteiger charge is 2.39. The second kappa shape index (κ2) is 7.19. The molecular weight excluding hydrogens is 218 g/mol. The molecule has 1 heteroatoms. The fourth-order valence-electron chi connectivity index (χ4n) is 3.81. The zero-order chi connectivity index (χ0) is 12.8. The topological polar surface area (TPSA) is 12.0 Å². The molecule has 0 aromatic rings. The van der Waals surface area contributed by atoms with Gasteiger partial charge in [-0.15, -0.1) is 12.3 Å². The molecule has 0 bridgehead atoms. The highest BCUT2D eigenvalue weighted by atomic mass is 14.9. The summed E-state index contributed by atoms with van der Waals surface area (Å²) in [7, 11) is 0. The minimum absolute atomic E-state index is 0.735. The van der Waals surface area contributed by atoms with Crippen LogP contribution in [0.1, 0.15) is 64.7 Å². The van der Waals surface area contributed by atoms with Crippen LogP contribution in [0.5, 0.6) is 0 Å². The van der Waals surface area contributed by atoms with Gasteiger partial charge in [0.2, 0.25) is 0 Å². The molecule has 0 spiro atoms. The van der Waals surface area contributed by atoms with Crippen LogP contribution in [0.2, 0.25) is 0 Å². The molecule has 1 N–H and O–H groups in total. The van der Waals surface area contributed by atoms with Crippen molar-refractivity contribution in [1.82, 2.24) is 5.32 Å². The lowest BCUT2D eigenvalue weighted by Crippen LogP contribution is -2.47. The number of hydrogen-bond acceptors (Lipinski definition) is 1. The molecular formula is C17H29N. The molecule has 0 amide bonds. The van der Waals surface area contributed by atoms with Crippen molar-refractivity contribution in [2.24, 2.45) is 17.8 Å². The Labute approximate surface area is 113 Å². The smallest absolute Gasteiger partial charge is 0.0101 e. The van der Waals surface area contributed by atoms with Crippen molar-refractivity contribution in [3.63, 3.8) is 0 Å². The Hall–Kier alpha value is -0.480. The van der Waals surface area contributed by atoms with Crippen molar-refractivity contribution in [1.29, 1.82) is 0 Å². The monoisotopic (exact) mass is 247 g/mol. The van der Waals surface area contributed by atoms with Gasteiger partial charge in [0, 0.05) is 12.5 Å². The van der Waals surface area contributed by atoms with Gasteiger partial charge in [-0.3, -0.25) is 0 Å². The standard InChI is InChI=1S/C17H29N/c1-3-5-6-13-16(18-4-2)17(14-9-7-10-14)15-11-8-12-15/h1,14-18H,4-13H2,2H3. The first-order valence-electron chi connectivity index (χ1n) is 8.03. The van der Waals surface area contributed by atoms with E-state index in [-0.39, 0.29) is 0 Å². The maximum atomic E-state index is 5.39. The second-order valence-electron chi connectivity index (χ2n) is 6.22. The number of unbranched alkanes of at least 4 members (excludes halogenated alkanes) is 1. The molecule has 18 heavy (non-hydrogen) atoms. The molecule has 2 aliphatic rings. The van der Waals surface area contributed by atoms with E-state index in [2.05, 4.69) is 18.2 Å². The van der Waals surface area contributed by atoms with E-state index in [9.17, 15) is 0 Å². The van der Waals surface area contributed by atoms with Crippen LogP contribution in [0.15, 0.2) is 0 Å². The van der Waals surface area contributed by atoms with Crippen molar-refractivity contribution < 1.29 is 0 Å². The quantitative estimate of drug-likeness (QED) is 0.505. The Balaban J connectivity index is 1.91. The maximum absolute atomic E-state index is 5.39. The third-order valence-electron chi connectivity index (χ3n) is 5.16. The van der Waals surface area contributed by atoms with E-state index >= 15 is 0 Å². The van der Waals surface area contributed by atoms with Gasteiger partial charge in [0.1, 0.15) is 0 Å². The fourth-order valence-corrected chi connectivity index (χ4v) is 3.81. The normalized spacial score (nSPS) is 22.3. The minimum Gasteiger partial charge on any atom is -0.314 e. The third-order valence-corrected chi connectivity index (χ3v) is 5.16. The van der Waals surface area contributed by atoms with E-state index in [1.165, 1.54) is 51.4 Å². The summed E-state index contributed by atoms with van der Waals surface area (Å²) in [6, 6.07) is 0.735. The van der Waals surface area contributed by atoms with E-state index in [0.717, 1.165) is 36.8 Å². The third kappa shape index (κ3) is 3.29. The first-order valence-corrected chi connectivity index (χ1v) is 8.03. The van der Waals surface area contributed by atoms with Gasteiger partial charge in [0.15, 0.2) is 0 Å². The van der Waals surface area contributed by atoms with Gasteiger partial charge >= 0.3 is 0 Å². The van der Waals surface area contributed by atoms with Crippen molar-refractivity contribution in [3.8, 4) is 12.3 Å². The van der Waals surface area contributed by atoms with Crippen LogP contribution in [0.3, 0.4) is 0 Å². The highest BCUT2D eigenvalue weighted by Crippen LogP contribution is 2.46. The molecule has 0 aromatic carbocycles. The zero-order valence-corrected chi connectivity index (χ0v) is 12.0. The molecule has 1 atom stereocenters. The lowest BCUT2D eigenvalue weighted by atomic mass is 9.61. The highest BCUT2D eigenvalue weighted by molar-refractivity contribution is 4.93. The minimum atomic E-state index is 0.735. The molecule has 2 aliphatic carbocycles. The van der Waals surface area contributed by atoms with Crippen molar-refractivity contribution >= 4 is 0 Å². The molecule has 0 aromatic heterocycles. The molecule has 0 saturated heterocycles. The first kappa shape index (κ1) is 13.9. The summed E-state index contributed by atoms with van der Waals surface area (Å²) in [6.07, 6.45) is 17.7. The number of nitrogens with one attached hydrogen (secondary N) is 1. The summed E-state index contributed by atoms with van der Waals surface area (Å²) in [5.74, 6) is 5.78. The van der Waals surface area contributed by atoms with Crippen LogP contribution >= 0.6 is 0 Å². The van der Waals surface area contributed by atoms with Crippen LogP contribution in [-0.2, 0) is 0 Å². The first-order chi connectivity index (χ1) is 8.86.